The van der Waals surface area contributed by atoms with Crippen molar-refractivity contribution < 1.29 is 14.6 Å². The Bertz CT molecular complexity index is 1460. The first-order valence-electron chi connectivity index (χ1n) is 12.6. The number of H-pyrrole nitrogens is 1. The second kappa shape index (κ2) is 9.98. The summed E-state index contributed by atoms with van der Waals surface area (Å²) in [5, 5.41) is 27.7. The van der Waals surface area contributed by atoms with Crippen molar-refractivity contribution in [2.45, 2.75) is 46.9 Å². The maximum Gasteiger partial charge on any atom is 0.240 e. The lowest BCUT2D eigenvalue weighted by Crippen LogP contribution is -2.32. The monoisotopic (exact) mass is 506 g/mol. The van der Waals surface area contributed by atoms with Crippen LogP contribution in [0, 0.1) is 13.8 Å². The molecule has 11 heteroatoms. The Morgan fingerprint density at radius 1 is 1.19 bits per heavy atom. The van der Waals surface area contributed by atoms with Crippen LogP contribution in [0.2, 0.25) is 0 Å². The van der Waals surface area contributed by atoms with Gasteiger partial charge in [-0.3, -0.25) is 19.7 Å². The van der Waals surface area contributed by atoms with Crippen molar-refractivity contribution in [1.29, 1.82) is 0 Å². The van der Waals surface area contributed by atoms with Crippen LogP contribution in [0.3, 0.4) is 0 Å². The third kappa shape index (κ3) is 4.60. The first-order valence-corrected chi connectivity index (χ1v) is 12.6. The third-order valence-electron chi connectivity index (χ3n) is 6.55. The van der Waals surface area contributed by atoms with Crippen molar-refractivity contribution in [1.82, 2.24) is 39.6 Å². The zero-order valence-corrected chi connectivity index (χ0v) is 22.2. The second-order valence-corrected chi connectivity index (χ2v) is 9.52. The molecule has 0 radical (unpaired) electrons. The summed E-state index contributed by atoms with van der Waals surface area (Å²) in [5.41, 5.74) is 6.85. The summed E-state index contributed by atoms with van der Waals surface area (Å²) < 4.78 is 16.0. The Labute approximate surface area is 215 Å². The molecule has 0 fully saturated rings. The molecule has 5 rings (SSSR count). The van der Waals surface area contributed by atoms with E-state index in [1.165, 1.54) is 0 Å². The number of hydrogen-bond donors (Lipinski definition) is 2. The molecular weight excluding hydrogens is 472 g/mol. The van der Waals surface area contributed by atoms with Gasteiger partial charge in [0.25, 0.3) is 0 Å². The van der Waals surface area contributed by atoms with Gasteiger partial charge in [0.15, 0.2) is 0 Å². The van der Waals surface area contributed by atoms with Crippen LogP contribution in [-0.2, 0) is 20.1 Å². The van der Waals surface area contributed by atoms with Crippen molar-refractivity contribution in [3.63, 3.8) is 0 Å². The highest BCUT2D eigenvalue weighted by Crippen LogP contribution is 2.36. The summed E-state index contributed by atoms with van der Waals surface area (Å²) >= 11 is 0. The number of likely N-dealkylation sites (N-methyl/N-ethyl adjacent to an activating group) is 1. The van der Waals surface area contributed by atoms with Gasteiger partial charge in [0.2, 0.25) is 11.8 Å². The van der Waals surface area contributed by atoms with E-state index in [0.29, 0.717) is 38.0 Å². The highest BCUT2D eigenvalue weighted by molar-refractivity contribution is 5.93. The lowest BCUT2D eigenvalue weighted by atomic mass is 10.1. The van der Waals surface area contributed by atoms with Crippen molar-refractivity contribution in [3.05, 3.63) is 34.4 Å². The molecule has 0 aromatic carbocycles. The number of fused-ring (bicyclic) bond motifs is 4. The SMILES string of the molecule is CCOc1nn(CCO)c2c1/C=C/c1[nH]nc3c(C)nc(cc13)-c1c(C)nn(C)c1O[C@@H](C)CN(C)C2. The molecule has 1 aliphatic heterocycles. The molecule has 37 heavy (non-hydrogen) atoms. The van der Waals surface area contributed by atoms with Gasteiger partial charge in [-0.25, -0.2) is 4.68 Å². The van der Waals surface area contributed by atoms with Crippen LogP contribution in [0.1, 0.15) is 42.2 Å². The third-order valence-corrected chi connectivity index (χ3v) is 6.55. The summed E-state index contributed by atoms with van der Waals surface area (Å²) in [6.45, 7) is 10.0. The normalized spacial score (nSPS) is 17.2. The maximum absolute atomic E-state index is 9.69. The summed E-state index contributed by atoms with van der Waals surface area (Å²) in [4.78, 5) is 7.05. The van der Waals surface area contributed by atoms with Crippen LogP contribution in [0.15, 0.2) is 6.07 Å². The van der Waals surface area contributed by atoms with Crippen LogP contribution >= 0.6 is 0 Å². The molecule has 1 atom stereocenters. The first-order chi connectivity index (χ1) is 17.8. The van der Waals surface area contributed by atoms with Gasteiger partial charge in [-0.1, -0.05) is 0 Å². The van der Waals surface area contributed by atoms with Crippen molar-refractivity contribution in [2.24, 2.45) is 7.05 Å². The Morgan fingerprint density at radius 3 is 2.76 bits per heavy atom. The zero-order valence-electron chi connectivity index (χ0n) is 22.2. The average Bonchev–Trinajstić information content (AvgIpc) is 3.47. The molecule has 0 saturated heterocycles. The molecule has 5 heterocycles. The van der Waals surface area contributed by atoms with E-state index in [1.807, 2.05) is 64.7 Å². The minimum atomic E-state index is -0.127. The summed E-state index contributed by atoms with van der Waals surface area (Å²) in [7, 11) is 3.94. The number of aliphatic hydroxyl groups is 1. The van der Waals surface area contributed by atoms with E-state index in [9.17, 15) is 5.11 Å². The molecule has 2 N–H and O–H groups in total. The van der Waals surface area contributed by atoms with Crippen LogP contribution < -0.4 is 9.47 Å². The fourth-order valence-corrected chi connectivity index (χ4v) is 5.01. The van der Waals surface area contributed by atoms with Crippen LogP contribution in [-0.4, -0.2) is 77.7 Å². The van der Waals surface area contributed by atoms with Gasteiger partial charge in [-0.2, -0.15) is 10.2 Å². The average molecular weight is 507 g/mol. The van der Waals surface area contributed by atoms with Gasteiger partial charge in [-0.15, -0.1) is 5.10 Å². The zero-order chi connectivity index (χ0) is 26.3. The lowest BCUT2D eigenvalue weighted by molar-refractivity contribution is 0.146. The number of hydrogen-bond acceptors (Lipinski definition) is 8. The van der Waals surface area contributed by atoms with E-state index >= 15 is 0 Å². The molecule has 0 unspecified atom stereocenters. The quantitative estimate of drug-likeness (QED) is 0.434. The number of nitrogens with zero attached hydrogens (tertiary/aromatic N) is 7. The predicted octanol–water partition coefficient (Wildman–Crippen LogP) is 2.95. The molecule has 0 spiro atoms. The molecular formula is C26H34N8O3. The second-order valence-electron chi connectivity index (χ2n) is 9.52. The van der Waals surface area contributed by atoms with Gasteiger partial charge >= 0.3 is 0 Å². The Hall–Kier alpha value is -3.70. The van der Waals surface area contributed by atoms with Gasteiger partial charge in [-0.05, 0) is 53.0 Å². The minimum absolute atomic E-state index is 0.0184. The van der Waals surface area contributed by atoms with E-state index in [2.05, 4.69) is 25.3 Å². The summed E-state index contributed by atoms with van der Waals surface area (Å²) in [6.07, 6.45) is 3.89. The van der Waals surface area contributed by atoms with E-state index < -0.39 is 0 Å². The molecule has 0 amide bonds. The predicted molar refractivity (Wildman–Crippen MR) is 141 cm³/mol. The maximum atomic E-state index is 9.69. The van der Waals surface area contributed by atoms with Crippen molar-refractivity contribution in [3.8, 4) is 23.0 Å². The largest absolute Gasteiger partial charge is 0.476 e. The highest BCUT2D eigenvalue weighted by atomic mass is 16.5. The number of pyridine rings is 1. The van der Waals surface area contributed by atoms with Crippen LogP contribution in [0.5, 0.6) is 11.8 Å². The molecule has 0 saturated carbocycles. The smallest absolute Gasteiger partial charge is 0.240 e. The van der Waals surface area contributed by atoms with Crippen molar-refractivity contribution >= 4 is 23.1 Å². The molecule has 1 aliphatic rings. The Balaban J connectivity index is 1.73. The summed E-state index contributed by atoms with van der Waals surface area (Å²) in [5.74, 6) is 1.23. The van der Waals surface area contributed by atoms with Gasteiger partial charge in [0.05, 0.1) is 59.4 Å². The van der Waals surface area contributed by atoms with Gasteiger partial charge in [0, 0.05) is 25.5 Å². The van der Waals surface area contributed by atoms with E-state index in [0.717, 1.165) is 50.5 Å². The molecule has 2 bridgehead atoms. The van der Waals surface area contributed by atoms with E-state index in [-0.39, 0.29) is 12.7 Å². The number of rotatable bonds is 4. The van der Waals surface area contributed by atoms with Gasteiger partial charge in [0.1, 0.15) is 11.6 Å². The van der Waals surface area contributed by atoms with Gasteiger partial charge < -0.3 is 14.6 Å². The standard InChI is InChI=1S/C26H34N8O3/c1-7-36-25-18-8-9-20-19-12-21(27-17(4)24(19)29-28-20)23-16(3)30-33(6)26(23)37-15(2)13-32(5)14-22(18)34(31-25)10-11-35/h8-9,12,15,35H,7,10-11,13-14H2,1-6H3,(H,28,29)/b9-8+/t15-/m0/s1. The van der Waals surface area contributed by atoms with Crippen LogP contribution in [0.4, 0.5) is 0 Å². The molecule has 4 aromatic heterocycles. The molecule has 0 aliphatic carbocycles. The lowest BCUT2D eigenvalue weighted by Gasteiger charge is -2.23. The first kappa shape index (κ1) is 25.0. The minimum Gasteiger partial charge on any atom is -0.476 e. The number of aryl methyl sites for hydroxylation is 3. The topological polar surface area (TPSA) is 119 Å². The summed E-state index contributed by atoms with van der Waals surface area (Å²) in [6, 6.07) is 2.04. The fraction of sp³-hybridized carbons (Fsp3) is 0.462. The molecule has 4 aromatic rings. The van der Waals surface area contributed by atoms with Crippen molar-refractivity contribution in [2.75, 3.05) is 26.8 Å². The highest BCUT2D eigenvalue weighted by Gasteiger charge is 2.24. The number of nitrogens with one attached hydrogen (secondary N) is 1. The molecule has 11 nitrogen and oxygen atoms in total. The fourth-order valence-electron chi connectivity index (χ4n) is 5.01. The number of aliphatic hydroxyl groups excluding tert-OH is 1. The number of aromatic nitrogens is 7. The van der Waals surface area contributed by atoms with E-state index in [4.69, 9.17) is 14.5 Å². The number of ether oxygens (including phenoxy) is 2. The Kier molecular flexibility index (Phi) is 6.74. The van der Waals surface area contributed by atoms with Crippen LogP contribution in [0.25, 0.3) is 34.3 Å². The molecule has 196 valence electrons. The Morgan fingerprint density at radius 2 is 2.00 bits per heavy atom. The van der Waals surface area contributed by atoms with E-state index in [1.54, 1.807) is 4.68 Å². The number of aromatic amines is 1.